The Hall–Kier alpha value is -1.49. The fraction of sp³-hybridized carbons (Fsp3) is 0.467. The third-order valence-electron chi connectivity index (χ3n) is 3.38. The number of hydrogen-bond donors (Lipinski definition) is 1. The first-order valence-electron chi connectivity index (χ1n) is 6.46. The van der Waals surface area contributed by atoms with Crippen LogP contribution >= 0.6 is 0 Å². The van der Waals surface area contributed by atoms with Crippen LogP contribution in [0.3, 0.4) is 0 Å². The van der Waals surface area contributed by atoms with Gasteiger partial charge in [0.2, 0.25) is 0 Å². The van der Waals surface area contributed by atoms with Gasteiger partial charge in [-0.05, 0) is 45.9 Å². The summed E-state index contributed by atoms with van der Waals surface area (Å²) in [6.07, 6.45) is -2.65. The maximum Gasteiger partial charge on any atom is 0.416 e. The van der Waals surface area contributed by atoms with Crippen molar-refractivity contribution in [3.05, 3.63) is 35.5 Å². The molecule has 0 bridgehead atoms. The first-order chi connectivity index (χ1) is 9.01. The van der Waals surface area contributed by atoms with Crippen LogP contribution in [-0.4, -0.2) is 9.67 Å². The minimum absolute atomic E-state index is 0.102. The van der Waals surface area contributed by atoms with Gasteiger partial charge in [0, 0.05) is 28.7 Å². The van der Waals surface area contributed by atoms with Gasteiger partial charge in [0.25, 0.3) is 0 Å². The van der Waals surface area contributed by atoms with Crippen LogP contribution in [0.15, 0.2) is 24.4 Å². The fourth-order valence-electron chi connectivity index (χ4n) is 2.35. The van der Waals surface area contributed by atoms with Gasteiger partial charge in [0.15, 0.2) is 0 Å². The van der Waals surface area contributed by atoms with Crippen molar-refractivity contribution in [1.82, 2.24) is 4.57 Å². The molecule has 2 aromatic rings. The molecule has 5 heteroatoms. The van der Waals surface area contributed by atoms with Crippen molar-refractivity contribution in [3.63, 3.8) is 0 Å². The van der Waals surface area contributed by atoms with Crippen LogP contribution in [-0.2, 0) is 11.8 Å². The van der Waals surface area contributed by atoms with Crippen LogP contribution in [0.1, 0.15) is 44.9 Å². The highest BCUT2D eigenvalue weighted by atomic mass is 19.4. The van der Waals surface area contributed by atoms with Gasteiger partial charge in [0.1, 0.15) is 0 Å². The molecule has 1 N–H and O–H groups in total. The molecule has 0 amide bonds. The zero-order valence-electron chi connectivity index (χ0n) is 11.9. The van der Waals surface area contributed by atoms with Crippen LogP contribution in [0.5, 0.6) is 0 Å². The van der Waals surface area contributed by atoms with Crippen molar-refractivity contribution in [3.8, 4) is 0 Å². The van der Waals surface area contributed by atoms with E-state index >= 15 is 0 Å². The van der Waals surface area contributed by atoms with Crippen LogP contribution in [0.25, 0.3) is 10.9 Å². The predicted molar refractivity (Wildman–Crippen MR) is 72.6 cm³/mol. The second-order valence-electron chi connectivity index (χ2n) is 5.83. The smallest absolute Gasteiger partial charge is 0.386 e. The number of benzene rings is 1. The summed E-state index contributed by atoms with van der Waals surface area (Å²) in [6, 6.07) is 3.76. The van der Waals surface area contributed by atoms with Gasteiger partial charge in [0.05, 0.1) is 11.2 Å². The van der Waals surface area contributed by atoms with E-state index in [1.54, 1.807) is 20.0 Å². The Bertz CT molecular complexity index is 633. The zero-order valence-corrected chi connectivity index (χ0v) is 11.9. The summed E-state index contributed by atoms with van der Waals surface area (Å²) in [4.78, 5) is 0. The lowest BCUT2D eigenvalue weighted by atomic mass is 9.97. The van der Waals surface area contributed by atoms with E-state index in [1.807, 2.05) is 18.4 Å². The lowest BCUT2D eigenvalue weighted by Crippen LogP contribution is -2.15. The molecule has 1 aromatic carbocycles. The van der Waals surface area contributed by atoms with E-state index in [0.29, 0.717) is 16.5 Å². The number of nitrogens with zero attached hydrogens (tertiary/aromatic N) is 1. The molecule has 0 saturated heterocycles. The van der Waals surface area contributed by atoms with E-state index in [4.69, 9.17) is 0 Å². The molecule has 0 fully saturated rings. The topological polar surface area (TPSA) is 25.2 Å². The first-order valence-corrected chi connectivity index (χ1v) is 6.46. The van der Waals surface area contributed by atoms with E-state index in [1.165, 1.54) is 6.07 Å². The molecule has 2 nitrogen and oxygen atoms in total. The van der Waals surface area contributed by atoms with Crippen LogP contribution in [0.2, 0.25) is 0 Å². The second kappa shape index (κ2) is 4.52. The average Bonchev–Trinajstić information content (AvgIpc) is 2.65. The second-order valence-corrected chi connectivity index (χ2v) is 5.83. The number of rotatable bonds is 2. The Balaban J connectivity index is 2.79. The summed E-state index contributed by atoms with van der Waals surface area (Å²) < 4.78 is 40.4. The van der Waals surface area contributed by atoms with E-state index in [-0.39, 0.29) is 6.04 Å². The Kier molecular flexibility index (Phi) is 3.37. The minimum atomic E-state index is -4.38. The SMILES string of the molecule is CC(C)n1cc(C(C)(C)O)c2cc(C(F)(F)F)ccc21. The molecule has 1 heterocycles. The molecule has 0 aliphatic rings. The summed E-state index contributed by atoms with van der Waals surface area (Å²) in [5.41, 5.74) is -0.683. The molecule has 0 spiro atoms. The van der Waals surface area contributed by atoms with Crippen molar-refractivity contribution >= 4 is 10.9 Å². The monoisotopic (exact) mass is 285 g/mol. The lowest BCUT2D eigenvalue weighted by Gasteiger charge is -2.16. The summed E-state index contributed by atoms with van der Waals surface area (Å²) in [5.74, 6) is 0. The van der Waals surface area contributed by atoms with E-state index in [2.05, 4.69) is 0 Å². The van der Waals surface area contributed by atoms with Crippen molar-refractivity contribution in [2.75, 3.05) is 0 Å². The van der Waals surface area contributed by atoms with Gasteiger partial charge in [-0.25, -0.2) is 0 Å². The Morgan fingerprint density at radius 3 is 2.20 bits per heavy atom. The van der Waals surface area contributed by atoms with Gasteiger partial charge in [-0.2, -0.15) is 13.2 Å². The molecule has 1 aromatic heterocycles. The number of aromatic nitrogens is 1. The maximum absolute atomic E-state index is 12.8. The molecule has 0 unspecified atom stereocenters. The quantitative estimate of drug-likeness (QED) is 0.865. The van der Waals surface area contributed by atoms with Crippen molar-refractivity contribution in [1.29, 1.82) is 0 Å². The first kappa shape index (κ1) is 14.9. The molecule has 0 aliphatic carbocycles. The van der Waals surface area contributed by atoms with Crippen LogP contribution in [0.4, 0.5) is 13.2 Å². The fourth-order valence-corrected chi connectivity index (χ4v) is 2.35. The van der Waals surface area contributed by atoms with Crippen LogP contribution in [0, 0.1) is 0 Å². The van der Waals surface area contributed by atoms with E-state index in [9.17, 15) is 18.3 Å². The molecular formula is C15H18F3NO. The highest BCUT2D eigenvalue weighted by Crippen LogP contribution is 2.36. The molecular weight excluding hydrogens is 267 g/mol. The van der Waals surface area contributed by atoms with Crippen LogP contribution < -0.4 is 0 Å². The Labute approximate surface area is 115 Å². The normalized spacial score (nSPS) is 13.4. The predicted octanol–water partition coefficient (Wildman–Crippen LogP) is 4.47. The van der Waals surface area contributed by atoms with E-state index in [0.717, 1.165) is 12.1 Å². The highest BCUT2D eigenvalue weighted by Gasteiger charge is 2.32. The van der Waals surface area contributed by atoms with Gasteiger partial charge in [-0.3, -0.25) is 0 Å². The minimum Gasteiger partial charge on any atom is -0.386 e. The number of fused-ring (bicyclic) bond motifs is 1. The molecule has 0 radical (unpaired) electrons. The van der Waals surface area contributed by atoms with Gasteiger partial charge in [-0.1, -0.05) is 0 Å². The lowest BCUT2D eigenvalue weighted by molar-refractivity contribution is -0.137. The Morgan fingerprint density at radius 1 is 1.15 bits per heavy atom. The van der Waals surface area contributed by atoms with Crippen molar-refractivity contribution in [2.45, 2.75) is 45.5 Å². The number of halogens is 3. The standard InChI is InChI=1S/C15H18F3NO/c1-9(2)19-8-12(14(3,4)20)11-7-10(15(16,17)18)5-6-13(11)19/h5-9,20H,1-4H3. The highest BCUT2D eigenvalue weighted by molar-refractivity contribution is 5.85. The average molecular weight is 285 g/mol. The van der Waals surface area contributed by atoms with Gasteiger partial charge in [-0.15, -0.1) is 0 Å². The summed E-state index contributed by atoms with van der Waals surface area (Å²) in [7, 11) is 0. The third kappa shape index (κ3) is 2.54. The summed E-state index contributed by atoms with van der Waals surface area (Å²) in [5, 5.41) is 10.6. The van der Waals surface area contributed by atoms with Crippen molar-refractivity contribution < 1.29 is 18.3 Å². The molecule has 2 rings (SSSR count). The molecule has 20 heavy (non-hydrogen) atoms. The largest absolute Gasteiger partial charge is 0.416 e. The summed E-state index contributed by atoms with van der Waals surface area (Å²) in [6.45, 7) is 7.05. The molecule has 110 valence electrons. The van der Waals surface area contributed by atoms with Gasteiger partial charge < -0.3 is 9.67 Å². The number of hydrogen-bond acceptors (Lipinski definition) is 1. The summed E-state index contributed by atoms with van der Waals surface area (Å²) >= 11 is 0. The van der Waals surface area contributed by atoms with Crippen molar-refractivity contribution in [2.24, 2.45) is 0 Å². The molecule has 0 aliphatic heterocycles. The molecule has 0 atom stereocenters. The molecule has 0 saturated carbocycles. The van der Waals surface area contributed by atoms with Gasteiger partial charge >= 0.3 is 6.18 Å². The number of aliphatic hydroxyl groups is 1. The third-order valence-corrected chi connectivity index (χ3v) is 3.38. The maximum atomic E-state index is 12.8. The van der Waals surface area contributed by atoms with E-state index < -0.39 is 17.3 Å². The Morgan fingerprint density at radius 2 is 1.75 bits per heavy atom. The zero-order chi connectivity index (χ0) is 15.3. The number of alkyl halides is 3.